The molecule has 0 aliphatic carbocycles. The fraction of sp³-hybridized carbons (Fsp3) is 0.421. The summed E-state index contributed by atoms with van der Waals surface area (Å²) in [5.74, 6) is -0.668. The number of likely N-dealkylation sites (N-methyl/N-ethyl adjacent to an activating group) is 1. The monoisotopic (exact) mass is 373 g/mol. The Labute approximate surface area is 156 Å². The quantitative estimate of drug-likeness (QED) is 0.785. The van der Waals surface area contributed by atoms with Crippen LogP contribution in [0.5, 0.6) is 0 Å². The zero-order chi connectivity index (χ0) is 19.6. The molecule has 0 radical (unpaired) electrons. The van der Waals surface area contributed by atoms with Crippen LogP contribution in [0.1, 0.15) is 17.0 Å². The second-order valence-corrected chi connectivity index (χ2v) is 6.93. The first-order valence-corrected chi connectivity index (χ1v) is 8.79. The number of likely N-dealkylation sites (tertiary alicyclic amines) is 1. The Morgan fingerprint density at radius 3 is 2.78 bits per heavy atom. The van der Waals surface area contributed by atoms with Gasteiger partial charge in [0, 0.05) is 33.3 Å². The molecule has 27 heavy (non-hydrogen) atoms. The van der Waals surface area contributed by atoms with E-state index in [1.54, 1.807) is 38.4 Å². The molecule has 1 aliphatic heterocycles. The summed E-state index contributed by atoms with van der Waals surface area (Å²) >= 11 is 0. The van der Waals surface area contributed by atoms with Crippen molar-refractivity contribution in [2.24, 2.45) is 0 Å². The molecule has 3 rings (SSSR count). The number of para-hydroxylation sites is 1. The molecule has 1 aromatic carbocycles. The third-order valence-electron chi connectivity index (χ3n) is 4.70. The van der Waals surface area contributed by atoms with Crippen molar-refractivity contribution in [3.05, 3.63) is 46.3 Å². The normalized spacial score (nSPS) is 20.4. The number of nitrogens with zero attached hydrogens (tertiary/aromatic N) is 2. The van der Waals surface area contributed by atoms with E-state index in [9.17, 15) is 19.5 Å². The van der Waals surface area contributed by atoms with Crippen LogP contribution in [-0.4, -0.2) is 72.6 Å². The highest BCUT2D eigenvalue weighted by molar-refractivity contribution is 5.93. The van der Waals surface area contributed by atoms with Crippen LogP contribution in [0, 0.1) is 0 Å². The molecule has 1 fully saturated rings. The fourth-order valence-electron chi connectivity index (χ4n) is 3.10. The van der Waals surface area contributed by atoms with Crippen molar-refractivity contribution in [1.29, 1.82) is 0 Å². The number of fused-ring (bicyclic) bond motifs is 1. The number of nitrogens with one attached hydrogen (secondary N) is 1. The van der Waals surface area contributed by atoms with Gasteiger partial charge in [-0.05, 0) is 18.6 Å². The number of piperidine rings is 1. The first kappa shape index (κ1) is 19.1. The van der Waals surface area contributed by atoms with Gasteiger partial charge in [-0.1, -0.05) is 12.1 Å². The van der Waals surface area contributed by atoms with E-state index in [4.69, 9.17) is 4.42 Å². The van der Waals surface area contributed by atoms with Gasteiger partial charge in [0.05, 0.1) is 24.1 Å². The molecule has 8 nitrogen and oxygen atoms in total. The summed E-state index contributed by atoms with van der Waals surface area (Å²) in [6.07, 6.45) is -0.323. The number of aliphatic hydroxyl groups is 1. The first-order valence-electron chi connectivity index (χ1n) is 8.79. The van der Waals surface area contributed by atoms with E-state index in [1.165, 1.54) is 4.90 Å². The van der Waals surface area contributed by atoms with Crippen molar-refractivity contribution in [1.82, 2.24) is 15.1 Å². The average Bonchev–Trinajstić information content (AvgIpc) is 2.63. The predicted octanol–water partition coefficient (Wildman–Crippen LogP) is 0.0462. The smallest absolute Gasteiger partial charge is 0.287 e. The summed E-state index contributed by atoms with van der Waals surface area (Å²) in [5, 5.41) is 13.5. The zero-order valence-electron chi connectivity index (χ0n) is 15.3. The minimum Gasteiger partial charge on any atom is -0.451 e. The Balaban J connectivity index is 1.65. The number of rotatable bonds is 4. The molecule has 2 heterocycles. The second kappa shape index (κ2) is 7.89. The van der Waals surface area contributed by atoms with E-state index in [0.717, 1.165) is 6.07 Å². The van der Waals surface area contributed by atoms with E-state index in [1.807, 2.05) is 4.90 Å². The van der Waals surface area contributed by atoms with Crippen LogP contribution >= 0.6 is 0 Å². The number of aliphatic hydroxyl groups excluding tert-OH is 1. The summed E-state index contributed by atoms with van der Waals surface area (Å²) < 4.78 is 5.53. The van der Waals surface area contributed by atoms with Crippen molar-refractivity contribution in [2.75, 3.05) is 33.7 Å². The van der Waals surface area contributed by atoms with E-state index in [2.05, 4.69) is 5.32 Å². The maximum atomic E-state index is 12.5. The molecule has 2 aromatic rings. The largest absolute Gasteiger partial charge is 0.451 e. The molecule has 0 spiro atoms. The van der Waals surface area contributed by atoms with Gasteiger partial charge in [0.1, 0.15) is 5.58 Å². The summed E-state index contributed by atoms with van der Waals surface area (Å²) in [6.45, 7) is 1.08. The highest BCUT2D eigenvalue weighted by atomic mass is 16.3. The van der Waals surface area contributed by atoms with Gasteiger partial charge >= 0.3 is 0 Å². The molecule has 0 bridgehead atoms. The lowest BCUT2D eigenvalue weighted by molar-refractivity contribution is -0.130. The molecular weight excluding hydrogens is 350 g/mol. The maximum Gasteiger partial charge on any atom is 0.287 e. The van der Waals surface area contributed by atoms with Gasteiger partial charge in [-0.15, -0.1) is 0 Å². The molecule has 2 N–H and O–H groups in total. The van der Waals surface area contributed by atoms with E-state index < -0.39 is 18.1 Å². The van der Waals surface area contributed by atoms with Crippen molar-refractivity contribution < 1.29 is 19.1 Å². The SMILES string of the molecule is CN(C)C(=O)CN1CC[C@@H](NC(=O)c2cc(=O)c3ccccc3o2)[C@H](O)C1. The van der Waals surface area contributed by atoms with Crippen LogP contribution in [0.4, 0.5) is 0 Å². The molecule has 0 saturated carbocycles. The highest BCUT2D eigenvalue weighted by Crippen LogP contribution is 2.14. The Morgan fingerprint density at radius 2 is 2.07 bits per heavy atom. The van der Waals surface area contributed by atoms with Gasteiger partial charge < -0.3 is 19.7 Å². The molecule has 0 unspecified atom stereocenters. The lowest BCUT2D eigenvalue weighted by Gasteiger charge is -2.36. The molecule has 1 aliphatic rings. The zero-order valence-corrected chi connectivity index (χ0v) is 15.3. The molecular formula is C19H23N3O5. The topological polar surface area (TPSA) is 103 Å². The van der Waals surface area contributed by atoms with Crippen molar-refractivity contribution in [3.8, 4) is 0 Å². The fourth-order valence-corrected chi connectivity index (χ4v) is 3.10. The number of amides is 2. The third kappa shape index (κ3) is 4.35. The highest BCUT2D eigenvalue weighted by Gasteiger charge is 2.30. The number of hydrogen-bond donors (Lipinski definition) is 2. The summed E-state index contributed by atoms with van der Waals surface area (Å²) in [7, 11) is 3.37. The van der Waals surface area contributed by atoms with Gasteiger partial charge in [0.2, 0.25) is 5.91 Å². The molecule has 144 valence electrons. The van der Waals surface area contributed by atoms with Crippen LogP contribution < -0.4 is 10.7 Å². The minimum atomic E-state index is -0.815. The number of carbonyl (C=O) groups excluding carboxylic acids is 2. The Bertz CT molecular complexity index is 908. The van der Waals surface area contributed by atoms with Crippen molar-refractivity contribution in [2.45, 2.75) is 18.6 Å². The molecule has 1 saturated heterocycles. The Kier molecular flexibility index (Phi) is 5.57. The molecule has 2 atom stereocenters. The van der Waals surface area contributed by atoms with Gasteiger partial charge in [-0.25, -0.2) is 0 Å². The number of carbonyl (C=O) groups is 2. The van der Waals surface area contributed by atoms with Crippen molar-refractivity contribution >= 4 is 22.8 Å². The van der Waals surface area contributed by atoms with E-state index >= 15 is 0 Å². The van der Waals surface area contributed by atoms with Gasteiger partial charge in [0.25, 0.3) is 5.91 Å². The standard InChI is InChI=1S/C19H23N3O5/c1-21(2)18(25)11-22-8-7-13(15(24)10-22)20-19(26)17-9-14(23)12-5-3-4-6-16(12)27-17/h3-6,9,13,15,24H,7-8,10-11H2,1-2H3,(H,20,26)/t13-,15-/m1/s1. The molecule has 1 aromatic heterocycles. The summed E-state index contributed by atoms with van der Waals surface area (Å²) in [6, 6.07) is 7.40. The first-order chi connectivity index (χ1) is 12.8. The third-order valence-corrected chi connectivity index (χ3v) is 4.70. The average molecular weight is 373 g/mol. The van der Waals surface area contributed by atoms with Crippen LogP contribution in [0.3, 0.4) is 0 Å². The Hall–Kier alpha value is -2.71. The van der Waals surface area contributed by atoms with Gasteiger partial charge in [-0.3, -0.25) is 19.3 Å². The van der Waals surface area contributed by atoms with Crippen LogP contribution in [0.15, 0.2) is 39.5 Å². The van der Waals surface area contributed by atoms with Crippen LogP contribution in [-0.2, 0) is 4.79 Å². The summed E-state index contributed by atoms with van der Waals surface area (Å²) in [4.78, 5) is 39.7. The predicted molar refractivity (Wildman–Crippen MR) is 99.5 cm³/mol. The minimum absolute atomic E-state index is 0.0392. The van der Waals surface area contributed by atoms with Crippen molar-refractivity contribution in [3.63, 3.8) is 0 Å². The van der Waals surface area contributed by atoms with E-state index in [0.29, 0.717) is 23.9 Å². The summed E-state index contributed by atoms with van der Waals surface area (Å²) in [5.41, 5.74) is 0.0484. The lowest BCUT2D eigenvalue weighted by Crippen LogP contribution is -2.55. The number of hydrogen-bond acceptors (Lipinski definition) is 6. The number of benzene rings is 1. The number of β-amino-alcohol motifs (C(OH)–C–C–N with tert-alkyl or cyclic N) is 1. The van der Waals surface area contributed by atoms with Crippen LogP contribution in [0.2, 0.25) is 0 Å². The van der Waals surface area contributed by atoms with Gasteiger partial charge in [0.15, 0.2) is 11.2 Å². The lowest BCUT2D eigenvalue weighted by atomic mass is 10.0. The molecule has 2 amide bonds. The Morgan fingerprint density at radius 1 is 1.33 bits per heavy atom. The van der Waals surface area contributed by atoms with E-state index in [-0.39, 0.29) is 30.2 Å². The van der Waals surface area contributed by atoms with Gasteiger partial charge in [-0.2, -0.15) is 0 Å². The second-order valence-electron chi connectivity index (χ2n) is 6.93. The maximum absolute atomic E-state index is 12.5. The molecule has 8 heteroatoms. The van der Waals surface area contributed by atoms with Crippen LogP contribution in [0.25, 0.3) is 11.0 Å².